The quantitative estimate of drug-likeness (QED) is 0.118. The van der Waals surface area contributed by atoms with E-state index >= 15 is 0 Å². The smallest absolute Gasteiger partial charge is 0 e. The number of fused-ring (bicyclic) bond motifs is 4. The molecule has 11 rings (SSSR count). The molecule has 0 unspecified atom stereocenters. The fourth-order valence-electron chi connectivity index (χ4n) is 8.68. The van der Waals surface area contributed by atoms with E-state index in [-0.39, 0.29) is 31.3 Å². The van der Waals surface area contributed by atoms with E-state index < -0.39 is 13.3 Å². The number of halogens is 1. The first-order valence-electron chi connectivity index (χ1n) is 22.7. The normalized spacial score (nSPS) is 11.6. The third kappa shape index (κ3) is 9.29. The first-order valence-corrected chi connectivity index (χ1v) is 30.1. The molecule has 3 heterocycles. The third-order valence-corrected chi connectivity index (χ3v) is 16.6. The largest absolute Gasteiger partial charge is 0 e. The molecule has 3 aromatic heterocycles. The maximum atomic E-state index is 13.7. The van der Waals surface area contributed by atoms with Crippen LogP contribution < -0.4 is 4.40 Å². The number of imidazole rings is 1. The molecule has 0 N–H and O–H groups in total. The molecule has 0 aliphatic heterocycles. The predicted octanol–water partition coefficient (Wildman–Crippen LogP) is 15.9. The van der Waals surface area contributed by atoms with Crippen molar-refractivity contribution in [3.63, 3.8) is 0 Å². The number of pyridine rings is 1. The molecule has 4 nitrogen and oxygen atoms in total. The zero-order chi connectivity index (χ0) is 46.3. The second kappa shape index (κ2) is 19.1. The van der Waals surface area contributed by atoms with Gasteiger partial charge in [-0.15, -0.1) is 18.2 Å². The zero-order valence-corrected chi connectivity index (χ0v) is 43.4. The Morgan fingerprint density at radius 1 is 0.603 bits per heavy atom. The number of rotatable bonds is 7. The molecule has 8 aromatic carbocycles. The van der Waals surface area contributed by atoms with E-state index in [2.05, 4.69) is 181 Å². The molecule has 68 heavy (non-hydrogen) atoms. The van der Waals surface area contributed by atoms with Crippen molar-refractivity contribution in [2.45, 2.75) is 43.5 Å². The summed E-state index contributed by atoms with van der Waals surface area (Å²) in [6.07, 6.45) is 2.04. The number of aromatic nitrogens is 3. The minimum atomic E-state index is -1.72. The van der Waals surface area contributed by atoms with Crippen molar-refractivity contribution in [2.75, 3.05) is 0 Å². The first-order chi connectivity index (χ1) is 32.4. The molecular weight excluding hydrogens is 1070 g/mol. The van der Waals surface area contributed by atoms with Gasteiger partial charge in [-0.05, 0) is 75.7 Å². The van der Waals surface area contributed by atoms with Gasteiger partial charge in [-0.2, -0.15) is 0 Å². The van der Waals surface area contributed by atoms with Gasteiger partial charge in [-0.3, -0.25) is 4.98 Å². The van der Waals surface area contributed by atoms with Crippen molar-refractivity contribution >= 4 is 50.6 Å². The first kappa shape index (κ1) is 46.4. The summed E-state index contributed by atoms with van der Waals surface area (Å²) in [6, 6.07) is 70.0. The van der Waals surface area contributed by atoms with Crippen LogP contribution in [0.2, 0.25) is 17.3 Å². The molecular formula is C61H50FGeIrN3O-2. The maximum Gasteiger partial charge on any atom is 0 e. The molecule has 0 fully saturated rings. The van der Waals surface area contributed by atoms with Crippen LogP contribution in [0.3, 0.4) is 0 Å². The maximum absolute atomic E-state index is 13.7. The minimum Gasteiger partial charge on any atom is 0 e. The van der Waals surface area contributed by atoms with Crippen LogP contribution in [-0.4, -0.2) is 27.8 Å². The predicted molar refractivity (Wildman–Crippen MR) is 279 cm³/mol. The number of nitrogens with zero attached hydrogens (tertiary/aromatic N) is 3. The number of hydrogen-bond donors (Lipinski definition) is 0. The molecule has 11 aromatic rings. The fraction of sp³-hybridized carbons (Fsp3) is 0.115. The average molecular weight is 1120 g/mol. The summed E-state index contributed by atoms with van der Waals surface area (Å²) >= 11 is -1.72. The van der Waals surface area contributed by atoms with Crippen LogP contribution in [0.25, 0.3) is 94.7 Å². The van der Waals surface area contributed by atoms with Crippen LogP contribution in [0.15, 0.2) is 199 Å². The van der Waals surface area contributed by atoms with Gasteiger partial charge in [0.1, 0.15) is 11.4 Å². The average Bonchev–Trinajstić information content (AvgIpc) is 3.93. The summed E-state index contributed by atoms with van der Waals surface area (Å²) in [7, 11) is 0. The van der Waals surface area contributed by atoms with Gasteiger partial charge in [0.05, 0.1) is 28.1 Å². The van der Waals surface area contributed by atoms with Gasteiger partial charge in [-0.25, -0.2) is 4.39 Å². The fourth-order valence-corrected chi connectivity index (χ4v) is 10.9. The number of furan rings is 1. The van der Waals surface area contributed by atoms with Crippen molar-refractivity contribution in [3.05, 3.63) is 218 Å². The molecule has 0 aliphatic carbocycles. The standard InChI is InChI=1S/C47H34FN2O.C14H16GeN.Ir/c1-47(2,3)34-28-39(31-13-6-4-7-14-31)44(40(29-34)32-15-8-5-9-16-32)50-42-20-11-10-19-41(42)49-46(50)38-18-12-17-37-36-26-23-33(27-43(36)51-45(37)38)30-21-24-35(48)25-22-30;1-15(2,3)13-9-10-14(16-11-13)12-7-5-4-6-8-12;/h4-17,19-29H,1-3H3;4-7,9-11H,1-3H3;/q2*-1;. The van der Waals surface area contributed by atoms with E-state index in [1.165, 1.54) is 22.1 Å². The Morgan fingerprint density at radius 3 is 1.87 bits per heavy atom. The van der Waals surface area contributed by atoms with Crippen molar-refractivity contribution < 1.29 is 28.9 Å². The Kier molecular flexibility index (Phi) is 13.1. The molecule has 0 spiro atoms. The number of hydrogen-bond acceptors (Lipinski definition) is 3. The van der Waals surface area contributed by atoms with Gasteiger partial charge in [0.25, 0.3) is 0 Å². The van der Waals surface area contributed by atoms with Crippen molar-refractivity contribution in [1.29, 1.82) is 0 Å². The van der Waals surface area contributed by atoms with Crippen LogP contribution in [0.5, 0.6) is 0 Å². The summed E-state index contributed by atoms with van der Waals surface area (Å²) in [6.45, 7) is 6.80. The van der Waals surface area contributed by atoms with Crippen LogP contribution in [0.1, 0.15) is 26.3 Å². The van der Waals surface area contributed by atoms with Crippen LogP contribution in [-0.2, 0) is 25.5 Å². The third-order valence-electron chi connectivity index (χ3n) is 12.4. The molecule has 1 radical (unpaired) electrons. The summed E-state index contributed by atoms with van der Waals surface area (Å²) in [5, 5.41) is 1.98. The van der Waals surface area contributed by atoms with E-state index in [0.717, 1.165) is 89.1 Å². The molecule has 0 aliphatic rings. The van der Waals surface area contributed by atoms with Crippen molar-refractivity contribution in [2.24, 2.45) is 0 Å². The second-order valence-corrected chi connectivity index (χ2v) is 29.7. The molecule has 0 amide bonds. The van der Waals surface area contributed by atoms with Gasteiger partial charge >= 0.3 is 99.8 Å². The Morgan fingerprint density at radius 2 is 1.25 bits per heavy atom. The molecule has 0 atom stereocenters. The monoisotopic (exact) mass is 1130 g/mol. The van der Waals surface area contributed by atoms with Crippen molar-refractivity contribution in [1.82, 2.24) is 14.5 Å². The van der Waals surface area contributed by atoms with Crippen molar-refractivity contribution in [3.8, 4) is 61.7 Å². The van der Waals surface area contributed by atoms with E-state index in [4.69, 9.17) is 9.40 Å². The second-order valence-electron chi connectivity index (χ2n) is 19.0. The molecule has 0 bridgehead atoms. The van der Waals surface area contributed by atoms with Gasteiger partial charge in [0, 0.05) is 36.6 Å². The van der Waals surface area contributed by atoms with Crippen LogP contribution >= 0.6 is 0 Å². The SMILES string of the molecule is CC(C)(C)c1cc(-c2ccccc2)c(-n2c(-c3[c-]ccc4c3oc3cc(-c5ccc(F)cc5)ccc34)nc3ccccc32)c(-c2ccccc2)c1.[CH3][Ge]([CH3])([CH3])[c]1ccc(-c2[c-]cccc2)nc1.[Ir]. The molecule has 337 valence electrons. The van der Waals surface area contributed by atoms with Gasteiger partial charge in [0.15, 0.2) is 0 Å². The van der Waals surface area contributed by atoms with E-state index in [0.29, 0.717) is 5.58 Å². The number of para-hydroxylation sites is 2. The topological polar surface area (TPSA) is 43.9 Å². The summed E-state index contributed by atoms with van der Waals surface area (Å²) in [5.41, 5.74) is 14.8. The summed E-state index contributed by atoms with van der Waals surface area (Å²) < 4.78 is 24.2. The zero-order valence-electron chi connectivity index (χ0n) is 38.9. The van der Waals surface area contributed by atoms with E-state index in [9.17, 15) is 4.39 Å². The van der Waals surface area contributed by atoms with Crippen LogP contribution in [0.4, 0.5) is 4.39 Å². The van der Waals surface area contributed by atoms with E-state index in [1.807, 2.05) is 48.7 Å². The Balaban J connectivity index is 0.000000289. The Bertz CT molecular complexity index is 3460. The van der Waals surface area contributed by atoms with Gasteiger partial charge in [0.2, 0.25) is 0 Å². The van der Waals surface area contributed by atoms with Gasteiger partial charge < -0.3 is 8.98 Å². The Labute approximate surface area is 414 Å². The molecule has 7 heteroatoms. The van der Waals surface area contributed by atoms with E-state index in [1.54, 1.807) is 12.1 Å². The summed E-state index contributed by atoms with van der Waals surface area (Å²) in [4.78, 5) is 9.86. The number of benzene rings is 8. The van der Waals surface area contributed by atoms with Gasteiger partial charge in [-0.1, -0.05) is 129 Å². The summed E-state index contributed by atoms with van der Waals surface area (Å²) in [5.74, 6) is 7.63. The molecule has 0 saturated heterocycles. The Hall–Kier alpha value is -6.70. The molecule has 0 saturated carbocycles. The minimum absolute atomic E-state index is 0. The van der Waals surface area contributed by atoms with Crippen LogP contribution in [0, 0.1) is 17.9 Å².